The first-order chi connectivity index (χ1) is 10.4. The fourth-order valence-corrected chi connectivity index (χ4v) is 2.68. The first kappa shape index (κ1) is 12.1. The molecule has 0 N–H and O–H groups in total. The first-order valence-corrected chi connectivity index (χ1v) is 6.94. The number of aromatic nitrogens is 1. The van der Waals surface area contributed by atoms with Crippen molar-refractivity contribution in [3.8, 4) is 0 Å². The van der Waals surface area contributed by atoms with Crippen molar-refractivity contribution >= 4 is 16.6 Å². The molecular formula is C18H13N2O. The number of fused-ring (bicyclic) bond motifs is 1. The molecule has 3 heteroatoms. The van der Waals surface area contributed by atoms with Crippen LogP contribution < -0.4 is 0 Å². The van der Waals surface area contributed by atoms with Crippen molar-refractivity contribution in [2.24, 2.45) is 5.16 Å². The molecule has 4 rings (SSSR count). The predicted octanol–water partition coefficient (Wildman–Crippen LogP) is 3.90. The molecule has 0 saturated carbocycles. The minimum atomic E-state index is -0.0125. The summed E-state index contributed by atoms with van der Waals surface area (Å²) >= 11 is 0. The van der Waals surface area contributed by atoms with E-state index in [2.05, 4.69) is 22.3 Å². The molecule has 3 aromatic rings. The zero-order valence-electron chi connectivity index (χ0n) is 11.4. The third kappa shape index (κ3) is 2.17. The average molecular weight is 273 g/mol. The third-order valence-corrected chi connectivity index (χ3v) is 3.74. The Morgan fingerprint density at radius 3 is 2.81 bits per heavy atom. The van der Waals surface area contributed by atoms with E-state index < -0.39 is 0 Å². The molecule has 101 valence electrons. The molecule has 3 nitrogen and oxygen atoms in total. The van der Waals surface area contributed by atoms with E-state index in [1.165, 1.54) is 0 Å². The molecule has 1 aliphatic rings. The number of oxime groups is 1. The van der Waals surface area contributed by atoms with Crippen molar-refractivity contribution in [1.82, 2.24) is 4.98 Å². The lowest BCUT2D eigenvalue weighted by Gasteiger charge is -2.08. The van der Waals surface area contributed by atoms with Crippen LogP contribution in [0, 0.1) is 6.07 Å². The number of para-hydroxylation sites is 1. The molecule has 0 amide bonds. The second-order valence-corrected chi connectivity index (χ2v) is 5.05. The van der Waals surface area contributed by atoms with Crippen LogP contribution in [0.5, 0.6) is 0 Å². The number of pyridine rings is 1. The van der Waals surface area contributed by atoms with Gasteiger partial charge in [0.15, 0.2) is 6.10 Å². The smallest absolute Gasteiger partial charge is 0.158 e. The van der Waals surface area contributed by atoms with Crippen LogP contribution in [-0.4, -0.2) is 10.7 Å². The van der Waals surface area contributed by atoms with Gasteiger partial charge in [-0.2, -0.15) is 0 Å². The summed E-state index contributed by atoms with van der Waals surface area (Å²) in [5, 5.41) is 5.41. The molecule has 1 unspecified atom stereocenters. The van der Waals surface area contributed by atoms with Gasteiger partial charge >= 0.3 is 0 Å². The predicted molar refractivity (Wildman–Crippen MR) is 82.0 cm³/mol. The molecule has 1 aromatic heterocycles. The fraction of sp³-hybridized carbons (Fsp3) is 0.111. The maximum Gasteiger partial charge on any atom is 0.158 e. The van der Waals surface area contributed by atoms with Crippen LogP contribution in [0.2, 0.25) is 0 Å². The summed E-state index contributed by atoms with van der Waals surface area (Å²) in [6.07, 6.45) is 2.59. The van der Waals surface area contributed by atoms with E-state index in [0.717, 1.165) is 34.2 Å². The van der Waals surface area contributed by atoms with Crippen molar-refractivity contribution in [3.63, 3.8) is 0 Å². The van der Waals surface area contributed by atoms with E-state index in [9.17, 15) is 0 Å². The van der Waals surface area contributed by atoms with Gasteiger partial charge in [-0.05, 0) is 23.8 Å². The molecule has 0 fully saturated rings. The summed E-state index contributed by atoms with van der Waals surface area (Å²) in [6.45, 7) is 0. The number of hydrogen-bond acceptors (Lipinski definition) is 3. The van der Waals surface area contributed by atoms with Crippen molar-refractivity contribution in [3.05, 3.63) is 78.0 Å². The van der Waals surface area contributed by atoms with Gasteiger partial charge < -0.3 is 4.84 Å². The molecule has 2 heterocycles. The van der Waals surface area contributed by atoms with Gasteiger partial charge in [0.25, 0.3) is 0 Å². The lowest BCUT2D eigenvalue weighted by atomic mass is 9.98. The molecule has 1 atom stereocenters. The van der Waals surface area contributed by atoms with E-state index >= 15 is 0 Å². The van der Waals surface area contributed by atoms with Crippen LogP contribution in [-0.2, 0) is 4.84 Å². The number of benzene rings is 2. The van der Waals surface area contributed by atoms with Crippen molar-refractivity contribution in [2.75, 3.05) is 0 Å². The highest BCUT2D eigenvalue weighted by Gasteiger charge is 2.24. The van der Waals surface area contributed by atoms with Gasteiger partial charge in [-0.15, -0.1) is 0 Å². The number of hydrogen-bond donors (Lipinski definition) is 0. The largest absolute Gasteiger partial charge is 0.387 e. The maximum absolute atomic E-state index is 5.61. The second-order valence-electron chi connectivity index (χ2n) is 5.05. The molecule has 0 aliphatic carbocycles. The Labute approximate surface area is 122 Å². The fourth-order valence-electron chi connectivity index (χ4n) is 2.68. The first-order valence-electron chi connectivity index (χ1n) is 6.94. The Morgan fingerprint density at radius 1 is 1.05 bits per heavy atom. The molecular weight excluding hydrogens is 260 g/mol. The highest BCUT2D eigenvalue weighted by Crippen LogP contribution is 2.31. The van der Waals surface area contributed by atoms with Gasteiger partial charge in [0.05, 0.1) is 11.2 Å². The summed E-state index contributed by atoms with van der Waals surface area (Å²) in [7, 11) is 0. The normalized spacial score (nSPS) is 17.5. The van der Waals surface area contributed by atoms with E-state index in [4.69, 9.17) is 4.84 Å². The second kappa shape index (κ2) is 5.02. The topological polar surface area (TPSA) is 34.5 Å². The van der Waals surface area contributed by atoms with E-state index in [1.54, 1.807) is 0 Å². The SMILES string of the molecule is [c]1ccc(C2CC(c3ccnc4ccccc34)=NO2)cc1. The van der Waals surface area contributed by atoms with E-state index in [1.807, 2.05) is 54.7 Å². The van der Waals surface area contributed by atoms with Gasteiger partial charge in [-0.1, -0.05) is 47.6 Å². The van der Waals surface area contributed by atoms with E-state index in [-0.39, 0.29) is 6.10 Å². The molecule has 2 aromatic carbocycles. The Bertz CT molecular complexity index is 806. The zero-order valence-corrected chi connectivity index (χ0v) is 11.4. The van der Waals surface area contributed by atoms with E-state index in [0.29, 0.717) is 0 Å². The van der Waals surface area contributed by atoms with Crippen molar-refractivity contribution in [2.45, 2.75) is 12.5 Å². The van der Waals surface area contributed by atoms with Crippen LogP contribution in [0.4, 0.5) is 0 Å². The number of nitrogens with zero attached hydrogens (tertiary/aromatic N) is 2. The van der Waals surface area contributed by atoms with Crippen LogP contribution in [0.25, 0.3) is 10.9 Å². The van der Waals surface area contributed by atoms with Crippen LogP contribution in [0.3, 0.4) is 0 Å². The summed E-state index contributed by atoms with van der Waals surface area (Å²) in [5.41, 5.74) is 4.19. The van der Waals surface area contributed by atoms with Gasteiger partial charge in [0.2, 0.25) is 0 Å². The molecule has 0 bridgehead atoms. The van der Waals surface area contributed by atoms with Crippen molar-refractivity contribution in [1.29, 1.82) is 0 Å². The lowest BCUT2D eigenvalue weighted by molar-refractivity contribution is 0.0857. The molecule has 0 saturated heterocycles. The third-order valence-electron chi connectivity index (χ3n) is 3.74. The lowest BCUT2D eigenvalue weighted by Crippen LogP contribution is -2.02. The van der Waals surface area contributed by atoms with Crippen LogP contribution in [0.1, 0.15) is 23.7 Å². The maximum atomic E-state index is 5.61. The molecule has 0 spiro atoms. The van der Waals surface area contributed by atoms with Gasteiger partial charge in [-0.25, -0.2) is 0 Å². The van der Waals surface area contributed by atoms with Crippen LogP contribution >= 0.6 is 0 Å². The average Bonchev–Trinajstić information content (AvgIpc) is 3.05. The summed E-state index contributed by atoms with van der Waals surface area (Å²) in [5.74, 6) is 0. The van der Waals surface area contributed by atoms with Crippen LogP contribution in [0.15, 0.2) is 65.9 Å². The van der Waals surface area contributed by atoms with Gasteiger partial charge in [0, 0.05) is 23.6 Å². The Balaban J connectivity index is 1.69. The zero-order chi connectivity index (χ0) is 14.1. The minimum absolute atomic E-state index is 0.0125. The molecule has 21 heavy (non-hydrogen) atoms. The Morgan fingerprint density at radius 2 is 1.90 bits per heavy atom. The minimum Gasteiger partial charge on any atom is -0.387 e. The monoisotopic (exact) mass is 273 g/mol. The Kier molecular flexibility index (Phi) is 2.89. The van der Waals surface area contributed by atoms with Crippen molar-refractivity contribution < 1.29 is 4.84 Å². The Hall–Kier alpha value is -2.68. The van der Waals surface area contributed by atoms with Gasteiger partial charge in [-0.3, -0.25) is 4.98 Å². The quantitative estimate of drug-likeness (QED) is 0.709. The van der Waals surface area contributed by atoms with Gasteiger partial charge in [0.1, 0.15) is 0 Å². The summed E-state index contributed by atoms with van der Waals surface area (Å²) in [4.78, 5) is 10.00. The highest BCUT2D eigenvalue weighted by molar-refractivity contribution is 6.10. The number of rotatable bonds is 2. The molecule has 1 radical (unpaired) electrons. The summed E-state index contributed by atoms with van der Waals surface area (Å²) in [6, 6.07) is 21.0. The highest BCUT2D eigenvalue weighted by atomic mass is 16.6. The summed E-state index contributed by atoms with van der Waals surface area (Å²) < 4.78 is 0. The molecule has 1 aliphatic heterocycles. The standard InChI is InChI=1S/C18H13N2O/c1-2-6-13(7-3-1)18-12-17(20-21-18)15-10-11-19-16-9-5-4-8-14(15)16/h2-11,18H,12H2.